The fourth-order valence-corrected chi connectivity index (χ4v) is 2.33. The van der Waals surface area contributed by atoms with Gasteiger partial charge < -0.3 is 4.90 Å². The Labute approximate surface area is 66.9 Å². The van der Waals surface area contributed by atoms with E-state index in [0.29, 0.717) is 0 Å². The van der Waals surface area contributed by atoms with Crippen LogP contribution in [0.3, 0.4) is 0 Å². The van der Waals surface area contributed by atoms with Crippen molar-refractivity contribution in [2.75, 3.05) is 25.9 Å². The van der Waals surface area contributed by atoms with E-state index in [2.05, 4.69) is 4.90 Å². The summed E-state index contributed by atoms with van der Waals surface area (Å²) < 4.78 is 29.4. The molecule has 5 heteroatoms. The van der Waals surface area contributed by atoms with Crippen LogP contribution in [-0.4, -0.2) is 43.8 Å². The molecule has 1 aliphatic rings. The molecule has 1 heterocycles. The Morgan fingerprint density at radius 1 is 1.64 bits per heavy atom. The fourth-order valence-electron chi connectivity index (χ4n) is 1.46. The fraction of sp³-hybridized carbons (Fsp3) is 1.00. The Bertz CT molecular complexity index is 224. The van der Waals surface area contributed by atoms with Crippen molar-refractivity contribution in [3.8, 4) is 0 Å². The molecule has 0 aliphatic carbocycles. The molecule has 0 bridgehead atoms. The van der Waals surface area contributed by atoms with E-state index in [1.165, 1.54) is 0 Å². The molecule has 0 radical (unpaired) electrons. The van der Waals surface area contributed by atoms with Crippen molar-refractivity contribution in [2.45, 2.75) is 6.42 Å². The molecule has 1 N–H and O–H groups in total. The van der Waals surface area contributed by atoms with Gasteiger partial charge >= 0.3 is 0 Å². The standard InChI is InChI=1S/C6H13NO3S/c1-7-3-2-6(4-7)5-11(8,9)10/h6H,2-5H2,1H3,(H,8,9,10)/t6-/m0/s1. The summed E-state index contributed by atoms with van der Waals surface area (Å²) in [5.74, 6) is 0.0344. The van der Waals surface area contributed by atoms with Gasteiger partial charge in [-0.2, -0.15) is 8.42 Å². The highest BCUT2D eigenvalue weighted by atomic mass is 32.2. The highest BCUT2D eigenvalue weighted by molar-refractivity contribution is 7.85. The van der Waals surface area contributed by atoms with Crippen molar-refractivity contribution in [3.05, 3.63) is 0 Å². The SMILES string of the molecule is CN1CC[C@H](CS(=O)(=O)O)C1. The molecule has 0 unspecified atom stereocenters. The van der Waals surface area contributed by atoms with Crippen LogP contribution in [0.25, 0.3) is 0 Å². The number of likely N-dealkylation sites (tertiary alicyclic amines) is 1. The van der Waals surface area contributed by atoms with Crippen LogP contribution in [0, 0.1) is 5.92 Å². The maximum absolute atomic E-state index is 10.4. The molecule has 1 aliphatic heterocycles. The molecule has 0 amide bonds. The van der Waals surface area contributed by atoms with Gasteiger partial charge in [-0.15, -0.1) is 0 Å². The molecule has 1 rings (SSSR count). The zero-order valence-corrected chi connectivity index (χ0v) is 7.34. The van der Waals surface area contributed by atoms with E-state index in [1.807, 2.05) is 7.05 Å². The molecule has 0 aromatic heterocycles. The third-order valence-electron chi connectivity index (χ3n) is 1.94. The number of rotatable bonds is 2. The summed E-state index contributed by atoms with van der Waals surface area (Å²) >= 11 is 0. The predicted molar refractivity (Wildman–Crippen MR) is 42.0 cm³/mol. The van der Waals surface area contributed by atoms with Crippen LogP contribution in [0.4, 0.5) is 0 Å². The van der Waals surface area contributed by atoms with E-state index in [-0.39, 0.29) is 11.7 Å². The van der Waals surface area contributed by atoms with Crippen LogP contribution in [0.2, 0.25) is 0 Å². The Hall–Kier alpha value is -0.130. The smallest absolute Gasteiger partial charge is 0.265 e. The minimum absolute atomic E-state index is 0.0860. The van der Waals surface area contributed by atoms with E-state index in [0.717, 1.165) is 19.5 Å². The second-order valence-corrected chi connectivity index (χ2v) is 4.66. The first-order valence-electron chi connectivity index (χ1n) is 3.61. The van der Waals surface area contributed by atoms with Gasteiger partial charge in [0.05, 0.1) is 5.75 Å². The maximum atomic E-state index is 10.4. The van der Waals surface area contributed by atoms with E-state index in [4.69, 9.17) is 4.55 Å². The lowest BCUT2D eigenvalue weighted by molar-refractivity contribution is 0.398. The van der Waals surface area contributed by atoms with Gasteiger partial charge in [-0.25, -0.2) is 0 Å². The first kappa shape index (κ1) is 8.96. The minimum Gasteiger partial charge on any atom is -0.306 e. The van der Waals surface area contributed by atoms with E-state index < -0.39 is 10.1 Å². The zero-order chi connectivity index (χ0) is 8.48. The average molecular weight is 179 g/mol. The summed E-state index contributed by atoms with van der Waals surface area (Å²) in [7, 11) is -1.81. The monoisotopic (exact) mass is 179 g/mol. The summed E-state index contributed by atoms with van der Waals surface area (Å²) in [5, 5.41) is 0. The molecule has 0 aromatic carbocycles. The van der Waals surface area contributed by atoms with Crippen LogP contribution in [0.15, 0.2) is 0 Å². The van der Waals surface area contributed by atoms with Crippen molar-refractivity contribution in [3.63, 3.8) is 0 Å². The van der Waals surface area contributed by atoms with E-state index >= 15 is 0 Å². The van der Waals surface area contributed by atoms with E-state index in [1.54, 1.807) is 0 Å². The first-order valence-corrected chi connectivity index (χ1v) is 5.22. The van der Waals surface area contributed by atoms with Crippen molar-refractivity contribution in [1.29, 1.82) is 0 Å². The predicted octanol–water partition coefficient (Wildman–Crippen LogP) is -0.174. The summed E-state index contributed by atoms with van der Waals surface area (Å²) in [5.41, 5.74) is 0. The highest BCUT2D eigenvalue weighted by Crippen LogP contribution is 2.15. The third-order valence-corrected chi connectivity index (χ3v) is 2.83. The Balaban J connectivity index is 2.41. The van der Waals surface area contributed by atoms with Crippen molar-refractivity contribution >= 4 is 10.1 Å². The molecule has 1 atom stereocenters. The van der Waals surface area contributed by atoms with Crippen molar-refractivity contribution in [2.24, 2.45) is 5.92 Å². The minimum atomic E-state index is -3.76. The Morgan fingerprint density at radius 3 is 2.64 bits per heavy atom. The molecular weight excluding hydrogens is 166 g/mol. The van der Waals surface area contributed by atoms with Crippen LogP contribution in [0.5, 0.6) is 0 Å². The summed E-state index contributed by atoms with van der Waals surface area (Å²) in [4.78, 5) is 2.07. The molecule has 4 nitrogen and oxygen atoms in total. The van der Waals surface area contributed by atoms with Gasteiger partial charge in [0, 0.05) is 6.54 Å². The average Bonchev–Trinajstić information content (AvgIpc) is 2.10. The van der Waals surface area contributed by atoms with Crippen LogP contribution in [0.1, 0.15) is 6.42 Å². The van der Waals surface area contributed by atoms with Gasteiger partial charge in [-0.1, -0.05) is 0 Å². The second-order valence-electron chi connectivity index (χ2n) is 3.17. The van der Waals surface area contributed by atoms with Gasteiger partial charge in [-0.05, 0) is 25.9 Å². The quantitative estimate of drug-likeness (QED) is 0.598. The lowest BCUT2D eigenvalue weighted by Crippen LogP contribution is -2.19. The van der Waals surface area contributed by atoms with Crippen molar-refractivity contribution < 1.29 is 13.0 Å². The highest BCUT2D eigenvalue weighted by Gasteiger charge is 2.23. The van der Waals surface area contributed by atoms with E-state index in [9.17, 15) is 8.42 Å². The van der Waals surface area contributed by atoms with Gasteiger partial charge in [0.2, 0.25) is 0 Å². The second kappa shape index (κ2) is 3.08. The van der Waals surface area contributed by atoms with Gasteiger partial charge in [-0.3, -0.25) is 4.55 Å². The summed E-state index contributed by atoms with van der Waals surface area (Å²) in [6, 6.07) is 0. The topological polar surface area (TPSA) is 57.6 Å². The summed E-state index contributed by atoms with van der Waals surface area (Å²) in [6.07, 6.45) is 0.871. The maximum Gasteiger partial charge on any atom is 0.265 e. The molecule has 1 fully saturated rings. The molecule has 0 saturated carbocycles. The lowest BCUT2D eigenvalue weighted by Gasteiger charge is -2.07. The van der Waals surface area contributed by atoms with Crippen molar-refractivity contribution in [1.82, 2.24) is 4.90 Å². The molecule has 1 saturated heterocycles. The number of hydrogen-bond acceptors (Lipinski definition) is 3. The number of hydrogen-bond donors (Lipinski definition) is 1. The molecule has 0 spiro atoms. The molecule has 11 heavy (non-hydrogen) atoms. The molecule has 0 aromatic rings. The number of nitrogens with zero attached hydrogens (tertiary/aromatic N) is 1. The van der Waals surface area contributed by atoms with Crippen LogP contribution >= 0.6 is 0 Å². The van der Waals surface area contributed by atoms with Gasteiger partial charge in [0.1, 0.15) is 0 Å². The van der Waals surface area contributed by atoms with Gasteiger partial charge in [0.15, 0.2) is 0 Å². The lowest BCUT2D eigenvalue weighted by atomic mass is 10.2. The normalized spacial score (nSPS) is 27.6. The Morgan fingerprint density at radius 2 is 2.27 bits per heavy atom. The molecular formula is C6H13NO3S. The van der Waals surface area contributed by atoms with Gasteiger partial charge in [0.25, 0.3) is 10.1 Å². The van der Waals surface area contributed by atoms with Crippen LogP contribution in [-0.2, 0) is 10.1 Å². The Kier molecular flexibility index (Phi) is 2.51. The van der Waals surface area contributed by atoms with Crippen LogP contribution < -0.4 is 0 Å². The summed E-state index contributed by atoms with van der Waals surface area (Å²) in [6.45, 7) is 1.71. The zero-order valence-electron chi connectivity index (χ0n) is 6.52. The first-order chi connectivity index (χ1) is 4.97. The largest absolute Gasteiger partial charge is 0.306 e. The molecule has 66 valence electrons. The third kappa shape index (κ3) is 3.18.